The van der Waals surface area contributed by atoms with Crippen LogP contribution in [0.1, 0.15) is 47.2 Å². The van der Waals surface area contributed by atoms with Crippen LogP contribution in [0.2, 0.25) is 0 Å². The van der Waals surface area contributed by atoms with E-state index in [1.165, 1.54) is 24.0 Å². The maximum atomic E-state index is 12.6. The van der Waals surface area contributed by atoms with Crippen LogP contribution < -0.4 is 5.32 Å². The van der Waals surface area contributed by atoms with Crippen LogP contribution in [0.25, 0.3) is 0 Å². The molecular formula is C16H20BrNO. The molecule has 1 aromatic rings. The van der Waals surface area contributed by atoms with E-state index in [9.17, 15) is 4.79 Å². The Morgan fingerprint density at radius 3 is 2.58 bits per heavy atom. The molecule has 1 unspecified atom stereocenters. The zero-order valence-corrected chi connectivity index (χ0v) is 12.8. The summed E-state index contributed by atoms with van der Waals surface area (Å²) in [4.78, 5) is 12.6. The lowest BCUT2D eigenvalue weighted by Gasteiger charge is -2.23. The van der Waals surface area contributed by atoms with Crippen LogP contribution in [0.4, 0.5) is 0 Å². The van der Waals surface area contributed by atoms with E-state index in [0.29, 0.717) is 5.78 Å². The molecule has 0 amide bonds. The summed E-state index contributed by atoms with van der Waals surface area (Å²) in [6, 6.07) is 4.33. The minimum Gasteiger partial charge on any atom is -0.316 e. The number of carbonyl (C=O) groups excluding carboxylic acids is 1. The summed E-state index contributed by atoms with van der Waals surface area (Å²) in [5.41, 5.74) is 3.72. The van der Waals surface area contributed by atoms with Gasteiger partial charge in [0.05, 0.1) is 0 Å². The van der Waals surface area contributed by atoms with Gasteiger partial charge in [-0.3, -0.25) is 4.79 Å². The van der Waals surface area contributed by atoms with E-state index in [1.807, 2.05) is 0 Å². The van der Waals surface area contributed by atoms with E-state index in [0.717, 1.165) is 48.8 Å². The minimum atomic E-state index is 0.159. The lowest BCUT2D eigenvalue weighted by atomic mass is 9.86. The van der Waals surface area contributed by atoms with Crippen molar-refractivity contribution in [2.24, 2.45) is 5.92 Å². The second kappa shape index (κ2) is 5.76. The summed E-state index contributed by atoms with van der Waals surface area (Å²) in [5, 5.41) is 3.33. The molecule has 3 heteroatoms. The predicted molar refractivity (Wildman–Crippen MR) is 80.7 cm³/mol. The van der Waals surface area contributed by atoms with Crippen LogP contribution in [0, 0.1) is 5.92 Å². The van der Waals surface area contributed by atoms with Gasteiger partial charge in [-0.2, -0.15) is 0 Å². The zero-order chi connectivity index (χ0) is 13.2. The molecule has 1 fully saturated rings. The monoisotopic (exact) mass is 321 g/mol. The van der Waals surface area contributed by atoms with E-state index < -0.39 is 0 Å². The molecule has 0 radical (unpaired) electrons. The molecule has 1 heterocycles. The standard InChI is InChI=1S/C16H20BrNO/c17-15-9-12-5-2-1-4-11(12)8-14(15)16(19)13-6-3-7-18-10-13/h8-9,13,18H,1-7,10H2. The van der Waals surface area contributed by atoms with Crippen LogP contribution in [0.3, 0.4) is 0 Å². The molecule has 2 nitrogen and oxygen atoms in total. The molecule has 1 aliphatic carbocycles. The fraction of sp³-hybridized carbons (Fsp3) is 0.562. The summed E-state index contributed by atoms with van der Waals surface area (Å²) < 4.78 is 0.990. The molecule has 2 aliphatic rings. The number of halogens is 1. The van der Waals surface area contributed by atoms with Crippen LogP contribution in [0.15, 0.2) is 16.6 Å². The maximum absolute atomic E-state index is 12.6. The molecular weight excluding hydrogens is 302 g/mol. The highest BCUT2D eigenvalue weighted by Gasteiger charge is 2.25. The first-order valence-corrected chi connectivity index (χ1v) is 8.11. The Balaban J connectivity index is 1.89. The molecule has 0 bridgehead atoms. The SMILES string of the molecule is O=C(c1cc2c(cc1Br)CCCC2)C1CCCNC1. The Hall–Kier alpha value is -0.670. The third kappa shape index (κ3) is 2.77. The highest BCUT2D eigenvalue weighted by Crippen LogP contribution is 2.30. The number of benzene rings is 1. The van der Waals surface area contributed by atoms with Gasteiger partial charge in [0, 0.05) is 22.5 Å². The van der Waals surface area contributed by atoms with Crippen molar-refractivity contribution in [2.75, 3.05) is 13.1 Å². The van der Waals surface area contributed by atoms with Crippen LogP contribution in [0.5, 0.6) is 0 Å². The number of rotatable bonds is 2. The smallest absolute Gasteiger partial charge is 0.168 e. The van der Waals surface area contributed by atoms with Crippen molar-refractivity contribution in [3.63, 3.8) is 0 Å². The largest absolute Gasteiger partial charge is 0.316 e. The molecule has 0 aromatic heterocycles. The van der Waals surface area contributed by atoms with E-state index in [2.05, 4.69) is 33.4 Å². The van der Waals surface area contributed by atoms with Gasteiger partial charge >= 0.3 is 0 Å². The van der Waals surface area contributed by atoms with Gasteiger partial charge in [0.2, 0.25) is 0 Å². The summed E-state index contributed by atoms with van der Waals surface area (Å²) >= 11 is 3.60. The second-order valence-corrected chi connectivity index (χ2v) is 6.57. The van der Waals surface area contributed by atoms with E-state index in [1.54, 1.807) is 0 Å². The van der Waals surface area contributed by atoms with Gasteiger partial charge in [0.1, 0.15) is 0 Å². The van der Waals surface area contributed by atoms with Gasteiger partial charge in [0.25, 0.3) is 0 Å². The van der Waals surface area contributed by atoms with E-state index >= 15 is 0 Å². The topological polar surface area (TPSA) is 29.1 Å². The number of nitrogens with one attached hydrogen (secondary N) is 1. The Labute approximate surface area is 123 Å². The quantitative estimate of drug-likeness (QED) is 0.844. The van der Waals surface area contributed by atoms with Gasteiger partial charge in [-0.05, 0) is 68.3 Å². The van der Waals surface area contributed by atoms with Crippen molar-refractivity contribution in [3.8, 4) is 0 Å². The fourth-order valence-electron chi connectivity index (χ4n) is 3.24. The molecule has 3 rings (SSSR count). The number of aryl methyl sites for hydroxylation is 2. The molecule has 1 N–H and O–H groups in total. The Kier molecular flexibility index (Phi) is 4.04. The number of ketones is 1. The number of Topliss-reactive ketones (excluding diaryl/α,β-unsaturated/α-hetero) is 1. The van der Waals surface area contributed by atoms with Crippen molar-refractivity contribution in [1.29, 1.82) is 0 Å². The van der Waals surface area contributed by atoms with Gasteiger partial charge < -0.3 is 5.32 Å². The van der Waals surface area contributed by atoms with Crippen LogP contribution in [-0.2, 0) is 12.8 Å². The van der Waals surface area contributed by atoms with Gasteiger partial charge in [0.15, 0.2) is 5.78 Å². The predicted octanol–water partition coefficient (Wildman–Crippen LogP) is 3.51. The first-order chi connectivity index (χ1) is 9.25. The number of hydrogen-bond acceptors (Lipinski definition) is 2. The number of hydrogen-bond donors (Lipinski definition) is 1. The van der Waals surface area contributed by atoms with Crippen LogP contribution in [-0.4, -0.2) is 18.9 Å². The lowest BCUT2D eigenvalue weighted by molar-refractivity contribution is 0.0899. The van der Waals surface area contributed by atoms with Crippen molar-refractivity contribution in [1.82, 2.24) is 5.32 Å². The Morgan fingerprint density at radius 1 is 1.16 bits per heavy atom. The molecule has 1 aromatic carbocycles. The third-order valence-corrected chi connectivity index (χ3v) is 5.02. The number of piperidine rings is 1. The highest BCUT2D eigenvalue weighted by molar-refractivity contribution is 9.10. The Bertz CT molecular complexity index is 492. The molecule has 1 aliphatic heterocycles. The van der Waals surface area contributed by atoms with E-state index in [4.69, 9.17) is 0 Å². The van der Waals surface area contributed by atoms with Crippen molar-refractivity contribution in [3.05, 3.63) is 33.3 Å². The van der Waals surface area contributed by atoms with Gasteiger partial charge in [-0.25, -0.2) is 0 Å². The molecule has 102 valence electrons. The average Bonchev–Trinajstić information content (AvgIpc) is 2.47. The third-order valence-electron chi connectivity index (χ3n) is 4.36. The Morgan fingerprint density at radius 2 is 1.89 bits per heavy atom. The van der Waals surface area contributed by atoms with E-state index in [-0.39, 0.29) is 5.92 Å². The lowest BCUT2D eigenvalue weighted by Crippen LogP contribution is -2.34. The molecule has 0 spiro atoms. The summed E-state index contributed by atoms with van der Waals surface area (Å²) in [5.74, 6) is 0.471. The minimum absolute atomic E-state index is 0.159. The molecule has 1 saturated heterocycles. The molecule has 1 atom stereocenters. The van der Waals surface area contributed by atoms with Crippen LogP contribution >= 0.6 is 15.9 Å². The van der Waals surface area contributed by atoms with Crippen molar-refractivity contribution in [2.45, 2.75) is 38.5 Å². The normalized spacial score (nSPS) is 22.9. The summed E-state index contributed by atoms with van der Waals surface area (Å²) in [7, 11) is 0. The fourth-order valence-corrected chi connectivity index (χ4v) is 3.83. The summed E-state index contributed by atoms with van der Waals surface area (Å²) in [6.45, 7) is 1.89. The summed E-state index contributed by atoms with van der Waals surface area (Å²) in [6.07, 6.45) is 6.96. The van der Waals surface area contributed by atoms with Crippen molar-refractivity contribution >= 4 is 21.7 Å². The first kappa shape index (κ1) is 13.3. The number of fused-ring (bicyclic) bond motifs is 1. The van der Waals surface area contributed by atoms with Gasteiger partial charge in [-0.15, -0.1) is 0 Å². The highest BCUT2D eigenvalue weighted by atomic mass is 79.9. The maximum Gasteiger partial charge on any atom is 0.168 e. The average molecular weight is 322 g/mol. The first-order valence-electron chi connectivity index (χ1n) is 7.32. The molecule has 0 saturated carbocycles. The zero-order valence-electron chi connectivity index (χ0n) is 11.2. The molecule has 19 heavy (non-hydrogen) atoms. The van der Waals surface area contributed by atoms with Crippen molar-refractivity contribution < 1.29 is 4.79 Å². The second-order valence-electron chi connectivity index (χ2n) is 5.72. The van der Waals surface area contributed by atoms with Gasteiger partial charge in [-0.1, -0.05) is 15.9 Å². The number of carbonyl (C=O) groups is 1.